The quantitative estimate of drug-likeness (QED) is 0.843. The molecule has 1 saturated heterocycles. The second kappa shape index (κ2) is 3.84. The second-order valence-corrected chi connectivity index (χ2v) is 6.35. The maximum absolute atomic E-state index is 12.7. The van der Waals surface area contributed by atoms with Crippen LogP contribution in [0.5, 0.6) is 0 Å². The summed E-state index contributed by atoms with van der Waals surface area (Å²) in [6.45, 7) is 1.53. The van der Waals surface area contributed by atoms with Crippen molar-refractivity contribution in [3.8, 4) is 0 Å². The van der Waals surface area contributed by atoms with Gasteiger partial charge in [0.05, 0.1) is 11.5 Å². The van der Waals surface area contributed by atoms with Crippen molar-refractivity contribution < 1.29 is 9.59 Å². The topological polar surface area (TPSA) is 49.4 Å². The zero-order valence-electron chi connectivity index (χ0n) is 11.6. The van der Waals surface area contributed by atoms with Gasteiger partial charge in [-0.1, -0.05) is 18.2 Å². The fourth-order valence-electron chi connectivity index (χ4n) is 4.44. The molecule has 2 amide bonds. The number of carbonyl (C=O) groups is 2. The van der Waals surface area contributed by atoms with Crippen LogP contribution in [0.1, 0.15) is 31.7 Å². The number of aryl methyl sites for hydroxylation is 1. The van der Waals surface area contributed by atoms with Crippen molar-refractivity contribution in [2.75, 3.05) is 4.90 Å². The number of nitrogens with one attached hydrogen (secondary N) is 1. The van der Waals surface area contributed by atoms with E-state index in [2.05, 4.69) is 17.4 Å². The Labute approximate surface area is 118 Å². The molecule has 0 aromatic heterocycles. The van der Waals surface area contributed by atoms with Crippen LogP contribution < -0.4 is 10.2 Å². The molecule has 1 aromatic carbocycles. The van der Waals surface area contributed by atoms with Crippen LogP contribution in [0.3, 0.4) is 0 Å². The van der Waals surface area contributed by atoms with Crippen molar-refractivity contribution >= 4 is 17.5 Å². The van der Waals surface area contributed by atoms with Crippen molar-refractivity contribution in [1.82, 2.24) is 5.32 Å². The van der Waals surface area contributed by atoms with Gasteiger partial charge in [-0.2, -0.15) is 0 Å². The maximum atomic E-state index is 12.7. The monoisotopic (exact) mass is 270 g/mol. The summed E-state index contributed by atoms with van der Waals surface area (Å²) in [6.07, 6.45) is 3.84. The number of amides is 2. The number of benzene rings is 1. The molecule has 2 aliphatic heterocycles. The third-order valence-corrected chi connectivity index (χ3v) is 5.18. The highest BCUT2D eigenvalue weighted by molar-refractivity contribution is 6.02. The van der Waals surface area contributed by atoms with Gasteiger partial charge in [0.2, 0.25) is 11.8 Å². The number of hydrogen-bond donors (Lipinski definition) is 1. The minimum Gasteiger partial charge on any atom is -0.353 e. The average molecular weight is 270 g/mol. The van der Waals surface area contributed by atoms with E-state index in [-0.39, 0.29) is 29.3 Å². The Morgan fingerprint density at radius 3 is 2.95 bits per heavy atom. The summed E-state index contributed by atoms with van der Waals surface area (Å²) >= 11 is 0. The van der Waals surface area contributed by atoms with Crippen molar-refractivity contribution in [1.29, 1.82) is 0 Å². The molecule has 1 unspecified atom stereocenters. The van der Waals surface area contributed by atoms with Crippen molar-refractivity contribution in [3.05, 3.63) is 29.8 Å². The molecule has 2 bridgehead atoms. The summed E-state index contributed by atoms with van der Waals surface area (Å²) in [5, 5.41) is 2.97. The minimum absolute atomic E-state index is 0.0292. The normalized spacial score (nSPS) is 33.9. The van der Waals surface area contributed by atoms with Crippen LogP contribution in [0.25, 0.3) is 0 Å². The van der Waals surface area contributed by atoms with E-state index in [9.17, 15) is 9.59 Å². The van der Waals surface area contributed by atoms with Gasteiger partial charge >= 0.3 is 0 Å². The van der Waals surface area contributed by atoms with Crippen molar-refractivity contribution in [3.63, 3.8) is 0 Å². The van der Waals surface area contributed by atoms with E-state index in [4.69, 9.17) is 0 Å². The smallest absolute Gasteiger partial charge is 0.232 e. The molecule has 2 fully saturated rings. The molecule has 1 aromatic rings. The van der Waals surface area contributed by atoms with Gasteiger partial charge in [-0.3, -0.25) is 9.59 Å². The Bertz CT molecular complexity index is 612. The Kier molecular flexibility index (Phi) is 2.29. The van der Waals surface area contributed by atoms with E-state index in [1.807, 2.05) is 17.0 Å². The Balaban J connectivity index is 1.73. The molecule has 0 radical (unpaired) electrons. The zero-order valence-corrected chi connectivity index (χ0v) is 11.6. The van der Waals surface area contributed by atoms with E-state index in [1.165, 1.54) is 12.5 Å². The molecule has 3 atom stereocenters. The molecule has 4 heteroatoms. The fraction of sp³-hybridized carbons (Fsp3) is 0.500. The summed E-state index contributed by atoms with van der Waals surface area (Å²) < 4.78 is 0. The summed E-state index contributed by atoms with van der Waals surface area (Å²) in [7, 11) is 0. The summed E-state index contributed by atoms with van der Waals surface area (Å²) in [5.74, 6) is 0.127. The van der Waals surface area contributed by atoms with Crippen LogP contribution in [-0.2, 0) is 16.0 Å². The maximum Gasteiger partial charge on any atom is 0.232 e. The van der Waals surface area contributed by atoms with Gasteiger partial charge in [0.1, 0.15) is 0 Å². The first kappa shape index (κ1) is 11.9. The average Bonchev–Trinajstić information content (AvgIpc) is 2.90. The van der Waals surface area contributed by atoms with Crippen LogP contribution >= 0.6 is 0 Å². The first-order chi connectivity index (χ1) is 9.61. The predicted molar refractivity (Wildman–Crippen MR) is 75.3 cm³/mol. The van der Waals surface area contributed by atoms with Gasteiger partial charge in [0.15, 0.2) is 0 Å². The van der Waals surface area contributed by atoms with Crippen LogP contribution in [-0.4, -0.2) is 23.4 Å². The fourth-order valence-corrected chi connectivity index (χ4v) is 4.44. The first-order valence-electron chi connectivity index (χ1n) is 7.30. The number of anilines is 1. The van der Waals surface area contributed by atoms with Gasteiger partial charge < -0.3 is 10.2 Å². The third kappa shape index (κ3) is 1.42. The number of rotatable bonds is 1. The molecule has 3 aliphatic rings. The predicted octanol–water partition coefficient (Wildman–Crippen LogP) is 1.63. The van der Waals surface area contributed by atoms with Crippen LogP contribution in [0.4, 0.5) is 5.69 Å². The van der Waals surface area contributed by atoms with E-state index >= 15 is 0 Å². The van der Waals surface area contributed by atoms with E-state index < -0.39 is 0 Å². The number of fused-ring (bicyclic) bond motifs is 3. The molecule has 20 heavy (non-hydrogen) atoms. The van der Waals surface area contributed by atoms with Crippen molar-refractivity contribution in [2.24, 2.45) is 5.92 Å². The van der Waals surface area contributed by atoms with E-state index in [0.29, 0.717) is 0 Å². The van der Waals surface area contributed by atoms with Gasteiger partial charge in [0.25, 0.3) is 0 Å². The molecular weight excluding hydrogens is 252 g/mol. The largest absolute Gasteiger partial charge is 0.353 e. The van der Waals surface area contributed by atoms with Gasteiger partial charge in [-0.25, -0.2) is 0 Å². The highest BCUT2D eigenvalue weighted by Gasteiger charge is 2.61. The number of piperidine rings is 1. The molecule has 1 saturated carbocycles. The highest BCUT2D eigenvalue weighted by atomic mass is 16.2. The molecule has 4 nitrogen and oxygen atoms in total. The molecule has 1 aliphatic carbocycles. The summed E-state index contributed by atoms with van der Waals surface area (Å²) in [6, 6.07) is 8.24. The van der Waals surface area contributed by atoms with E-state index in [0.717, 1.165) is 31.4 Å². The molecule has 4 rings (SSSR count). The molecule has 2 heterocycles. The summed E-state index contributed by atoms with van der Waals surface area (Å²) in [4.78, 5) is 26.1. The lowest BCUT2D eigenvalue weighted by Gasteiger charge is -2.45. The third-order valence-electron chi connectivity index (χ3n) is 5.18. The van der Waals surface area contributed by atoms with Crippen LogP contribution in [0.2, 0.25) is 0 Å². The minimum atomic E-state index is -0.0524. The molecule has 104 valence electrons. The molecular formula is C16H18N2O2. The van der Waals surface area contributed by atoms with Gasteiger partial charge in [-0.15, -0.1) is 0 Å². The van der Waals surface area contributed by atoms with Gasteiger partial charge in [-0.05, 0) is 37.3 Å². The number of carbonyl (C=O) groups excluding carboxylic acids is 2. The zero-order chi connectivity index (χ0) is 13.9. The van der Waals surface area contributed by atoms with Crippen LogP contribution in [0.15, 0.2) is 24.3 Å². The van der Waals surface area contributed by atoms with Gasteiger partial charge in [0, 0.05) is 18.7 Å². The standard InChI is InChI=1S/C16H18N2O2/c1-10(19)17-13-9-16-7-6-11-4-2-3-5-14(11)18(16)15(20)12(13)8-16/h2-5,12-13H,6-9H2,1H3,(H,17,19)/t12-,13?,16+/m1/s1. The van der Waals surface area contributed by atoms with Crippen molar-refractivity contribution in [2.45, 2.75) is 44.2 Å². The molecule has 1 spiro atoms. The summed E-state index contributed by atoms with van der Waals surface area (Å²) in [5.41, 5.74) is 2.31. The number of nitrogens with zero attached hydrogens (tertiary/aromatic N) is 1. The highest BCUT2D eigenvalue weighted by Crippen LogP contribution is 2.54. The first-order valence-corrected chi connectivity index (χ1v) is 7.30. The number of para-hydroxylation sites is 1. The van der Waals surface area contributed by atoms with Crippen LogP contribution in [0, 0.1) is 5.92 Å². The Hall–Kier alpha value is -1.84. The van der Waals surface area contributed by atoms with E-state index in [1.54, 1.807) is 0 Å². The lowest BCUT2D eigenvalue weighted by atomic mass is 9.83. The Morgan fingerprint density at radius 2 is 2.15 bits per heavy atom. The lowest BCUT2D eigenvalue weighted by molar-refractivity contribution is -0.124. The Morgan fingerprint density at radius 1 is 1.35 bits per heavy atom. The SMILES string of the molecule is CC(=O)NC1C[C@@]23CCc4ccccc4N2C(=O)[C@@H]1C3. The number of hydrogen-bond acceptors (Lipinski definition) is 2. The lowest BCUT2D eigenvalue weighted by Crippen LogP contribution is -2.56. The molecule has 1 N–H and O–H groups in total. The second-order valence-electron chi connectivity index (χ2n) is 6.35.